The van der Waals surface area contributed by atoms with Crippen LogP contribution in [0.4, 0.5) is 0 Å². The predicted octanol–water partition coefficient (Wildman–Crippen LogP) is 14.1. The van der Waals surface area contributed by atoms with Crippen molar-refractivity contribution in [3.8, 4) is 33.5 Å². The summed E-state index contributed by atoms with van der Waals surface area (Å²) in [5.41, 5.74) is 15.8. The van der Waals surface area contributed by atoms with Crippen LogP contribution >= 0.6 is 0 Å². The van der Waals surface area contributed by atoms with Crippen LogP contribution in [0.25, 0.3) is 66.2 Å². The number of rotatable bonds is 3. The molecule has 2 nitrogen and oxygen atoms in total. The van der Waals surface area contributed by atoms with E-state index in [2.05, 4.69) is 191 Å². The van der Waals surface area contributed by atoms with Crippen LogP contribution in [0.2, 0.25) is 0 Å². The van der Waals surface area contributed by atoms with Gasteiger partial charge in [0, 0.05) is 32.8 Å². The lowest BCUT2D eigenvalue weighted by molar-refractivity contribution is 0.589. The predicted molar refractivity (Wildman–Crippen MR) is 222 cm³/mol. The number of H-pyrrole nitrogens is 1. The average molecular weight is 671 g/mol. The highest BCUT2D eigenvalue weighted by molar-refractivity contribution is 6.12. The summed E-state index contributed by atoms with van der Waals surface area (Å²) in [5.74, 6) is 0. The summed E-state index contributed by atoms with van der Waals surface area (Å²) in [6.07, 6.45) is 0. The smallest absolute Gasteiger partial charge is 0.0710 e. The van der Waals surface area contributed by atoms with Crippen molar-refractivity contribution in [3.05, 3.63) is 125 Å². The molecule has 2 aromatic heterocycles. The fourth-order valence-electron chi connectivity index (χ4n) is 7.11. The molecule has 2 heteroatoms. The maximum absolute atomic E-state index is 5.13. The maximum atomic E-state index is 5.13. The van der Waals surface area contributed by atoms with E-state index in [9.17, 15) is 0 Å². The minimum absolute atomic E-state index is 0.0125. The number of aromatic nitrogens is 2. The third-order valence-corrected chi connectivity index (χ3v) is 10.6. The lowest BCUT2D eigenvalue weighted by Crippen LogP contribution is -2.13. The number of hydrogen-bond donors (Lipinski definition) is 1. The van der Waals surface area contributed by atoms with Gasteiger partial charge in [-0.2, -0.15) is 0 Å². The Hall–Kier alpha value is -4.69. The van der Waals surface area contributed by atoms with Crippen LogP contribution in [-0.4, -0.2) is 9.97 Å². The Kier molecular flexibility index (Phi) is 8.14. The number of nitrogens with one attached hydrogen (secondary N) is 1. The molecule has 2 heterocycles. The average Bonchev–Trinajstić information content (AvgIpc) is 3.44. The van der Waals surface area contributed by atoms with Gasteiger partial charge in [-0.1, -0.05) is 132 Å². The van der Waals surface area contributed by atoms with Gasteiger partial charge in [-0.15, -0.1) is 0 Å². The Labute approximate surface area is 305 Å². The molecule has 0 spiro atoms. The Morgan fingerprint density at radius 3 is 1.59 bits per heavy atom. The van der Waals surface area contributed by atoms with Crippen LogP contribution in [0.3, 0.4) is 0 Å². The first kappa shape index (κ1) is 34.7. The molecule has 0 bridgehead atoms. The van der Waals surface area contributed by atoms with Crippen molar-refractivity contribution < 1.29 is 0 Å². The fraction of sp³-hybridized carbons (Fsp3) is 0.327. The molecule has 0 amide bonds. The number of aromatic amines is 1. The molecule has 0 aliphatic heterocycles. The van der Waals surface area contributed by atoms with Gasteiger partial charge in [0.1, 0.15) is 0 Å². The summed E-state index contributed by atoms with van der Waals surface area (Å²) in [6, 6.07) is 38.9. The monoisotopic (exact) mass is 670 g/mol. The third-order valence-electron chi connectivity index (χ3n) is 10.6. The van der Waals surface area contributed by atoms with E-state index in [-0.39, 0.29) is 21.7 Å². The van der Waals surface area contributed by atoms with Crippen LogP contribution in [0.1, 0.15) is 105 Å². The second-order valence-corrected chi connectivity index (χ2v) is 18.8. The second-order valence-electron chi connectivity index (χ2n) is 18.8. The van der Waals surface area contributed by atoms with E-state index in [0.717, 1.165) is 22.2 Å². The van der Waals surface area contributed by atoms with Crippen LogP contribution < -0.4 is 0 Å². The summed E-state index contributed by atoms with van der Waals surface area (Å²) < 4.78 is 0. The first-order chi connectivity index (χ1) is 23.8. The Morgan fingerprint density at radius 1 is 0.431 bits per heavy atom. The summed E-state index contributed by atoms with van der Waals surface area (Å²) in [6.45, 7) is 27.7. The normalized spacial score (nSPS) is 13.1. The van der Waals surface area contributed by atoms with Crippen molar-refractivity contribution >= 4 is 32.7 Å². The van der Waals surface area contributed by atoms with Crippen molar-refractivity contribution in [2.24, 2.45) is 0 Å². The van der Waals surface area contributed by atoms with Crippen molar-refractivity contribution in [1.82, 2.24) is 9.97 Å². The number of para-hydroxylation sites is 1. The first-order valence-electron chi connectivity index (χ1n) is 18.5. The minimum atomic E-state index is -0.0437. The molecule has 5 aromatic carbocycles. The zero-order chi connectivity index (χ0) is 36.7. The van der Waals surface area contributed by atoms with Gasteiger partial charge >= 0.3 is 0 Å². The standard InChI is InChI=1S/C49H54N2/c1-46(2,3)35-18-20-44-40(27-35)41-29-38(49(10,11)12)28-39(45(41)51-44)33-21-31(23-36(25-33)47(4,5)6)32-22-34(26-37(24-32)48(7,8)9)43-19-17-30-15-13-14-16-42(30)50-43/h13-29,51H,1-12H3. The number of nitrogens with zero attached hydrogens (tertiary/aromatic N) is 1. The number of benzene rings is 5. The van der Waals surface area contributed by atoms with Gasteiger partial charge in [-0.3, -0.25) is 0 Å². The Bertz CT molecular complexity index is 2440. The van der Waals surface area contributed by atoms with E-state index < -0.39 is 0 Å². The molecule has 51 heavy (non-hydrogen) atoms. The molecule has 0 saturated heterocycles. The largest absolute Gasteiger partial charge is 0.354 e. The van der Waals surface area contributed by atoms with Gasteiger partial charge in [-0.05, 0) is 115 Å². The van der Waals surface area contributed by atoms with E-state index in [4.69, 9.17) is 4.98 Å². The summed E-state index contributed by atoms with van der Waals surface area (Å²) in [5, 5.41) is 3.74. The summed E-state index contributed by atoms with van der Waals surface area (Å²) >= 11 is 0. The Morgan fingerprint density at radius 2 is 0.961 bits per heavy atom. The van der Waals surface area contributed by atoms with Crippen LogP contribution in [0, 0.1) is 0 Å². The van der Waals surface area contributed by atoms with Gasteiger partial charge in [0.25, 0.3) is 0 Å². The highest BCUT2D eigenvalue weighted by Crippen LogP contribution is 2.42. The summed E-state index contributed by atoms with van der Waals surface area (Å²) in [4.78, 5) is 9.02. The molecule has 0 saturated carbocycles. The molecular weight excluding hydrogens is 617 g/mol. The third kappa shape index (κ3) is 6.74. The zero-order valence-corrected chi connectivity index (χ0v) is 32.8. The highest BCUT2D eigenvalue weighted by atomic mass is 14.7. The molecule has 0 radical (unpaired) electrons. The number of pyridine rings is 1. The molecule has 0 aliphatic rings. The van der Waals surface area contributed by atoms with Gasteiger partial charge in [0.15, 0.2) is 0 Å². The SMILES string of the molecule is CC(C)(C)c1cc(-c2cc(-c3cc(C(C)(C)C)cc4c3[nH]c3ccc(C(C)(C)C)cc34)cc(C(C)(C)C)c2)cc(-c2ccc3ccccc3n2)c1. The molecule has 260 valence electrons. The molecule has 0 unspecified atom stereocenters. The maximum Gasteiger partial charge on any atom is 0.0710 e. The van der Waals surface area contributed by atoms with Gasteiger partial charge < -0.3 is 4.98 Å². The van der Waals surface area contributed by atoms with Crippen molar-refractivity contribution in [2.45, 2.75) is 105 Å². The number of hydrogen-bond acceptors (Lipinski definition) is 1. The molecule has 0 atom stereocenters. The fourth-order valence-corrected chi connectivity index (χ4v) is 7.11. The van der Waals surface area contributed by atoms with E-state index in [1.165, 1.54) is 66.3 Å². The quantitative estimate of drug-likeness (QED) is 0.199. The Balaban J connectivity index is 1.50. The summed E-state index contributed by atoms with van der Waals surface area (Å²) in [7, 11) is 0. The second kappa shape index (κ2) is 11.9. The first-order valence-corrected chi connectivity index (χ1v) is 18.5. The molecule has 0 aliphatic carbocycles. The number of fused-ring (bicyclic) bond motifs is 4. The highest BCUT2D eigenvalue weighted by Gasteiger charge is 2.24. The van der Waals surface area contributed by atoms with Crippen molar-refractivity contribution in [3.63, 3.8) is 0 Å². The van der Waals surface area contributed by atoms with E-state index >= 15 is 0 Å². The topological polar surface area (TPSA) is 28.7 Å². The molecule has 7 aromatic rings. The van der Waals surface area contributed by atoms with Gasteiger partial charge in [0.2, 0.25) is 0 Å². The van der Waals surface area contributed by atoms with E-state index in [1.54, 1.807) is 0 Å². The molecule has 1 N–H and O–H groups in total. The van der Waals surface area contributed by atoms with Crippen LogP contribution in [-0.2, 0) is 21.7 Å². The van der Waals surface area contributed by atoms with Gasteiger partial charge in [0.05, 0.1) is 16.7 Å². The molecular formula is C49H54N2. The lowest BCUT2D eigenvalue weighted by Gasteiger charge is -2.25. The minimum Gasteiger partial charge on any atom is -0.354 e. The van der Waals surface area contributed by atoms with Gasteiger partial charge in [-0.25, -0.2) is 4.98 Å². The molecule has 7 rings (SSSR count). The zero-order valence-electron chi connectivity index (χ0n) is 32.8. The molecule has 0 fully saturated rings. The van der Waals surface area contributed by atoms with E-state index in [0.29, 0.717) is 0 Å². The lowest BCUT2D eigenvalue weighted by atomic mass is 9.80. The van der Waals surface area contributed by atoms with E-state index in [1.807, 2.05) is 0 Å². The van der Waals surface area contributed by atoms with Crippen molar-refractivity contribution in [1.29, 1.82) is 0 Å². The van der Waals surface area contributed by atoms with Crippen LogP contribution in [0.15, 0.2) is 103 Å². The van der Waals surface area contributed by atoms with Crippen molar-refractivity contribution in [2.75, 3.05) is 0 Å². The van der Waals surface area contributed by atoms with Crippen LogP contribution in [0.5, 0.6) is 0 Å².